The van der Waals surface area contributed by atoms with Crippen molar-refractivity contribution in [1.29, 1.82) is 0 Å². The Labute approximate surface area is 138 Å². The largest absolute Gasteiger partial charge is 0.482 e. The van der Waals surface area contributed by atoms with Crippen LogP contribution in [0.1, 0.15) is 0 Å². The number of ether oxygens (including phenoxy) is 1. The van der Waals surface area contributed by atoms with Crippen LogP contribution in [0.15, 0.2) is 51.9 Å². The van der Waals surface area contributed by atoms with E-state index in [-0.39, 0.29) is 5.43 Å². The number of carbonyl (C=O) groups is 1. The number of aromatic nitrogens is 1. The molecule has 4 rings (SSSR count). The molecule has 0 radical (unpaired) electrons. The molecule has 2 heterocycles. The third-order valence-electron chi connectivity index (χ3n) is 3.84. The molecule has 0 spiro atoms. The summed E-state index contributed by atoms with van der Waals surface area (Å²) in [7, 11) is 0. The Morgan fingerprint density at radius 2 is 1.91 bits per heavy atom. The molecule has 23 heavy (non-hydrogen) atoms. The van der Waals surface area contributed by atoms with Crippen LogP contribution in [0.3, 0.4) is 0 Å². The van der Waals surface area contributed by atoms with E-state index in [9.17, 15) is 9.59 Å². The van der Waals surface area contributed by atoms with Gasteiger partial charge in [-0.05, 0) is 30.3 Å². The summed E-state index contributed by atoms with van der Waals surface area (Å²) in [4.78, 5) is 22.9. The minimum absolute atomic E-state index is 0.120. The second-order valence-corrected chi connectivity index (χ2v) is 6.18. The molecule has 0 fully saturated rings. The summed E-state index contributed by atoms with van der Waals surface area (Å²) in [5.74, 6) is -0.687. The van der Waals surface area contributed by atoms with Gasteiger partial charge in [-0.25, -0.2) is 4.79 Å². The quantitative estimate of drug-likeness (QED) is 0.600. The molecule has 5 nitrogen and oxygen atoms in total. The van der Waals surface area contributed by atoms with Crippen LogP contribution in [0.4, 0.5) is 0 Å². The maximum absolute atomic E-state index is 12.2. The van der Waals surface area contributed by atoms with Crippen molar-refractivity contribution in [2.45, 2.75) is 0 Å². The molecular weight excluding hydrogens is 362 g/mol. The molecule has 0 aliphatic rings. The zero-order valence-corrected chi connectivity index (χ0v) is 13.3. The van der Waals surface area contributed by atoms with Crippen molar-refractivity contribution in [3.05, 3.63) is 57.3 Å². The van der Waals surface area contributed by atoms with Gasteiger partial charge in [-0.2, -0.15) is 0 Å². The van der Waals surface area contributed by atoms with Gasteiger partial charge >= 0.3 is 5.97 Å². The van der Waals surface area contributed by atoms with Gasteiger partial charge in [0.05, 0.1) is 16.4 Å². The highest BCUT2D eigenvalue weighted by Crippen LogP contribution is 2.35. The number of aliphatic carboxylic acids is 1. The lowest BCUT2D eigenvalue weighted by Crippen LogP contribution is -2.10. The number of carboxylic acids is 1. The third-order valence-corrected chi connectivity index (χ3v) is 4.33. The van der Waals surface area contributed by atoms with Crippen molar-refractivity contribution in [3.63, 3.8) is 0 Å². The molecule has 2 aromatic carbocycles. The van der Waals surface area contributed by atoms with Crippen molar-refractivity contribution in [1.82, 2.24) is 4.40 Å². The molecule has 6 heteroatoms. The number of halogens is 1. The van der Waals surface area contributed by atoms with E-state index in [1.165, 1.54) is 6.07 Å². The molecule has 0 saturated heterocycles. The fraction of sp³-hybridized carbons (Fsp3) is 0.0588. The summed E-state index contributed by atoms with van der Waals surface area (Å²) in [5, 5.41) is 11.1. The molecule has 4 aromatic rings. The van der Waals surface area contributed by atoms with Gasteiger partial charge in [0.15, 0.2) is 12.0 Å². The van der Waals surface area contributed by atoms with Crippen LogP contribution < -0.4 is 10.2 Å². The zero-order valence-electron chi connectivity index (χ0n) is 11.7. The topological polar surface area (TPSA) is 68.0 Å². The second kappa shape index (κ2) is 4.96. The Hall–Kier alpha value is -2.60. The molecule has 1 N–H and O–H groups in total. The van der Waals surface area contributed by atoms with Gasteiger partial charge in [0.1, 0.15) is 5.75 Å². The van der Waals surface area contributed by atoms with Gasteiger partial charge < -0.3 is 14.2 Å². The molecule has 0 atom stereocenters. The van der Waals surface area contributed by atoms with Crippen LogP contribution >= 0.6 is 15.9 Å². The molecule has 114 valence electrons. The predicted molar refractivity (Wildman–Crippen MR) is 90.7 cm³/mol. The molecule has 0 bridgehead atoms. The van der Waals surface area contributed by atoms with Crippen LogP contribution in [-0.2, 0) is 4.79 Å². The Morgan fingerprint density at radius 1 is 1.13 bits per heavy atom. The Kier molecular flexibility index (Phi) is 3.02. The van der Waals surface area contributed by atoms with Gasteiger partial charge in [0, 0.05) is 27.5 Å². The lowest BCUT2D eigenvalue weighted by atomic mass is 10.1. The SMILES string of the molecule is O=C(O)COc1cc2c(=O)ccn3c4ccc(Br)cc4c(c1)c23. The average Bonchev–Trinajstić information content (AvgIpc) is 2.83. The minimum Gasteiger partial charge on any atom is -0.482 e. The highest BCUT2D eigenvalue weighted by atomic mass is 79.9. The molecule has 0 aliphatic carbocycles. The lowest BCUT2D eigenvalue weighted by Gasteiger charge is -2.06. The van der Waals surface area contributed by atoms with Gasteiger partial charge in [-0.15, -0.1) is 0 Å². The second-order valence-electron chi connectivity index (χ2n) is 5.26. The maximum Gasteiger partial charge on any atom is 0.341 e. The number of fused-ring (bicyclic) bond motifs is 3. The van der Waals surface area contributed by atoms with Crippen LogP contribution in [0.2, 0.25) is 0 Å². The average molecular weight is 372 g/mol. The van der Waals surface area contributed by atoms with E-state index in [2.05, 4.69) is 15.9 Å². The van der Waals surface area contributed by atoms with Gasteiger partial charge in [-0.3, -0.25) is 4.79 Å². The minimum atomic E-state index is -1.06. The maximum atomic E-state index is 12.2. The van der Waals surface area contributed by atoms with Crippen LogP contribution in [-0.4, -0.2) is 22.1 Å². The highest BCUT2D eigenvalue weighted by Gasteiger charge is 2.15. The molecule has 0 saturated carbocycles. The number of hydrogen-bond donors (Lipinski definition) is 1. The van der Waals surface area contributed by atoms with Crippen molar-refractivity contribution < 1.29 is 14.6 Å². The van der Waals surface area contributed by atoms with E-state index in [0.717, 1.165) is 26.3 Å². The van der Waals surface area contributed by atoms with Crippen molar-refractivity contribution >= 4 is 49.1 Å². The van der Waals surface area contributed by atoms with Crippen molar-refractivity contribution in [3.8, 4) is 5.75 Å². The predicted octanol–water partition coefficient (Wildman–Crippen LogP) is 3.27. The number of pyridine rings is 1. The number of rotatable bonds is 3. The first-order chi connectivity index (χ1) is 11.0. The van der Waals surface area contributed by atoms with E-state index < -0.39 is 12.6 Å². The zero-order chi connectivity index (χ0) is 16.1. The standard InChI is InChI=1S/C17H10BrNO4/c18-9-1-2-14-11(5-9)12-6-10(23-8-16(21)22)7-13-15(20)3-4-19(14)17(12)13/h1-7H,8H2,(H,21,22). The fourth-order valence-corrected chi connectivity index (χ4v) is 3.29. The smallest absolute Gasteiger partial charge is 0.341 e. The van der Waals surface area contributed by atoms with Crippen LogP contribution in [0, 0.1) is 0 Å². The normalized spacial score (nSPS) is 11.5. The van der Waals surface area contributed by atoms with Crippen molar-refractivity contribution in [2.75, 3.05) is 6.61 Å². The highest BCUT2D eigenvalue weighted by molar-refractivity contribution is 9.10. The van der Waals surface area contributed by atoms with E-state index >= 15 is 0 Å². The summed E-state index contributed by atoms with van der Waals surface area (Å²) in [6.45, 7) is -0.447. The Morgan fingerprint density at radius 3 is 2.70 bits per heavy atom. The first kappa shape index (κ1) is 14.0. The molecule has 0 amide bonds. The van der Waals surface area contributed by atoms with Gasteiger partial charge in [0.2, 0.25) is 0 Å². The third kappa shape index (κ3) is 2.14. The van der Waals surface area contributed by atoms with Crippen LogP contribution in [0.25, 0.3) is 27.2 Å². The van der Waals surface area contributed by atoms with Crippen molar-refractivity contribution in [2.24, 2.45) is 0 Å². The molecule has 2 aromatic heterocycles. The van der Waals surface area contributed by atoms with E-state index in [0.29, 0.717) is 11.1 Å². The summed E-state index contributed by atoms with van der Waals surface area (Å²) >= 11 is 3.46. The summed E-state index contributed by atoms with van der Waals surface area (Å²) in [5.41, 5.74) is 1.67. The first-order valence-electron chi connectivity index (χ1n) is 6.89. The molecule has 0 aliphatic heterocycles. The number of benzene rings is 2. The molecule has 0 unspecified atom stereocenters. The lowest BCUT2D eigenvalue weighted by molar-refractivity contribution is -0.139. The Balaban J connectivity index is 2.13. The summed E-state index contributed by atoms with van der Waals surface area (Å²) < 4.78 is 8.18. The Bertz CT molecular complexity index is 1130. The summed E-state index contributed by atoms with van der Waals surface area (Å²) in [6, 6.07) is 10.8. The van der Waals surface area contributed by atoms with E-state index in [1.807, 2.05) is 22.6 Å². The number of nitrogens with zero attached hydrogens (tertiary/aromatic N) is 1. The van der Waals surface area contributed by atoms with Gasteiger partial charge in [-0.1, -0.05) is 15.9 Å². The van der Waals surface area contributed by atoms with Crippen LogP contribution in [0.5, 0.6) is 5.75 Å². The van der Waals surface area contributed by atoms with E-state index in [1.54, 1.807) is 18.3 Å². The number of hydrogen-bond acceptors (Lipinski definition) is 3. The molecular formula is C17H10BrNO4. The number of carboxylic acid groups (broad SMARTS) is 1. The summed E-state index contributed by atoms with van der Waals surface area (Å²) in [6.07, 6.45) is 1.76. The fourth-order valence-electron chi connectivity index (χ4n) is 2.93. The first-order valence-corrected chi connectivity index (χ1v) is 7.68. The monoisotopic (exact) mass is 371 g/mol. The van der Waals surface area contributed by atoms with E-state index in [4.69, 9.17) is 9.84 Å². The van der Waals surface area contributed by atoms with Gasteiger partial charge in [0.25, 0.3) is 0 Å².